The molecule has 0 aliphatic heterocycles. The Bertz CT molecular complexity index is 572. The lowest BCUT2D eigenvalue weighted by Crippen LogP contribution is -2.03. The normalized spacial score (nSPS) is 22.6. The van der Waals surface area contributed by atoms with Gasteiger partial charge in [-0.25, -0.2) is 0 Å². The molecule has 2 heterocycles. The molecule has 0 aromatic carbocycles. The molecular weight excluding hydrogens is 232 g/mol. The maximum Gasteiger partial charge on any atom is 0.195 e. The monoisotopic (exact) mass is 246 g/mol. The van der Waals surface area contributed by atoms with Gasteiger partial charge in [0, 0.05) is 24.5 Å². The molecule has 2 atom stereocenters. The van der Waals surface area contributed by atoms with Crippen LogP contribution in [0.4, 0.5) is 0 Å². The predicted octanol–water partition coefficient (Wildman–Crippen LogP) is 2.66. The molecule has 2 aromatic rings. The summed E-state index contributed by atoms with van der Waals surface area (Å²) in [5, 5.41) is 7.17. The first-order valence-electron chi connectivity index (χ1n) is 5.81. The smallest absolute Gasteiger partial charge is 0.195 e. The summed E-state index contributed by atoms with van der Waals surface area (Å²) in [6.07, 6.45) is 4.87. The number of nitrogens with one attached hydrogen (secondary N) is 1. The van der Waals surface area contributed by atoms with Gasteiger partial charge in [0.25, 0.3) is 0 Å². The fourth-order valence-corrected chi connectivity index (χ4v) is 2.30. The summed E-state index contributed by atoms with van der Waals surface area (Å²) in [6, 6.07) is 3.92. The van der Waals surface area contributed by atoms with Gasteiger partial charge in [0.2, 0.25) is 0 Å². The lowest BCUT2D eigenvalue weighted by molar-refractivity contribution is 0.591. The first-order chi connectivity index (χ1) is 8.25. The van der Waals surface area contributed by atoms with Gasteiger partial charge in [0.15, 0.2) is 10.6 Å². The summed E-state index contributed by atoms with van der Waals surface area (Å²) in [5.41, 5.74) is 1.01. The number of aromatic nitrogens is 4. The molecule has 1 fully saturated rings. The molecular formula is C12H14N4S. The summed E-state index contributed by atoms with van der Waals surface area (Å²) in [4.78, 5) is 4.12. The van der Waals surface area contributed by atoms with E-state index in [-0.39, 0.29) is 0 Å². The van der Waals surface area contributed by atoms with Gasteiger partial charge in [-0.1, -0.05) is 6.92 Å². The van der Waals surface area contributed by atoms with Crippen molar-refractivity contribution in [1.82, 2.24) is 19.7 Å². The van der Waals surface area contributed by atoms with Crippen molar-refractivity contribution in [3.05, 3.63) is 29.3 Å². The number of pyridine rings is 1. The van der Waals surface area contributed by atoms with E-state index in [2.05, 4.69) is 26.7 Å². The van der Waals surface area contributed by atoms with Crippen LogP contribution in [0.25, 0.3) is 11.4 Å². The molecule has 0 amide bonds. The summed E-state index contributed by atoms with van der Waals surface area (Å²) >= 11 is 5.28. The van der Waals surface area contributed by atoms with Crippen LogP contribution in [0.3, 0.4) is 0 Å². The number of hydrogen-bond acceptors (Lipinski definition) is 3. The van der Waals surface area contributed by atoms with Crippen LogP contribution < -0.4 is 0 Å². The van der Waals surface area contributed by atoms with E-state index in [1.807, 2.05) is 18.3 Å². The fraction of sp³-hybridized carbons (Fsp3) is 0.417. The third-order valence-corrected chi connectivity index (χ3v) is 3.68. The molecule has 1 N–H and O–H groups in total. The molecule has 4 nitrogen and oxygen atoms in total. The number of rotatable bonds is 3. The molecule has 1 aliphatic carbocycles. The van der Waals surface area contributed by atoms with Gasteiger partial charge >= 0.3 is 0 Å². The van der Waals surface area contributed by atoms with Crippen molar-refractivity contribution in [3.63, 3.8) is 0 Å². The van der Waals surface area contributed by atoms with Gasteiger partial charge in [-0.05, 0) is 42.6 Å². The second-order valence-electron chi connectivity index (χ2n) is 4.68. The van der Waals surface area contributed by atoms with Crippen LogP contribution in [0.2, 0.25) is 0 Å². The van der Waals surface area contributed by atoms with Crippen LogP contribution in [0.1, 0.15) is 13.3 Å². The van der Waals surface area contributed by atoms with E-state index >= 15 is 0 Å². The largest absolute Gasteiger partial charge is 0.300 e. The first-order valence-corrected chi connectivity index (χ1v) is 6.22. The molecule has 3 rings (SSSR count). The third-order valence-electron chi connectivity index (χ3n) is 3.37. The molecule has 1 saturated carbocycles. The maximum atomic E-state index is 5.28. The lowest BCUT2D eigenvalue weighted by atomic mass is 10.2. The predicted molar refractivity (Wildman–Crippen MR) is 67.9 cm³/mol. The van der Waals surface area contributed by atoms with Crippen molar-refractivity contribution < 1.29 is 0 Å². The quantitative estimate of drug-likeness (QED) is 0.847. The Labute approximate surface area is 105 Å². The van der Waals surface area contributed by atoms with Crippen molar-refractivity contribution in [3.8, 4) is 11.4 Å². The van der Waals surface area contributed by atoms with E-state index in [0.717, 1.165) is 29.8 Å². The van der Waals surface area contributed by atoms with Crippen LogP contribution >= 0.6 is 12.2 Å². The third kappa shape index (κ3) is 2.02. The second-order valence-corrected chi connectivity index (χ2v) is 5.06. The van der Waals surface area contributed by atoms with E-state index < -0.39 is 0 Å². The highest BCUT2D eigenvalue weighted by Crippen LogP contribution is 2.39. The van der Waals surface area contributed by atoms with Crippen LogP contribution in [0.15, 0.2) is 24.5 Å². The zero-order valence-electron chi connectivity index (χ0n) is 9.63. The number of hydrogen-bond donors (Lipinski definition) is 1. The molecule has 1 aliphatic rings. The molecule has 5 heteroatoms. The summed E-state index contributed by atoms with van der Waals surface area (Å²) in [6.45, 7) is 3.23. The molecule has 0 bridgehead atoms. The highest BCUT2D eigenvalue weighted by molar-refractivity contribution is 7.71. The van der Waals surface area contributed by atoms with Gasteiger partial charge in [-0.15, -0.1) is 0 Å². The molecule has 88 valence electrons. The standard InChI is InChI=1S/C12H14N4S/c1-8-5-10(8)7-16-11(14-15-12(16)17)9-3-2-4-13-6-9/h2-4,6,8,10H,5,7H2,1H3,(H,15,17). The van der Waals surface area contributed by atoms with Crippen molar-refractivity contribution in [2.24, 2.45) is 11.8 Å². The minimum atomic E-state index is 0.697. The minimum absolute atomic E-state index is 0.697. The van der Waals surface area contributed by atoms with E-state index in [4.69, 9.17) is 12.2 Å². The van der Waals surface area contributed by atoms with Gasteiger partial charge < -0.3 is 0 Å². The number of nitrogens with zero attached hydrogens (tertiary/aromatic N) is 3. The van der Waals surface area contributed by atoms with Gasteiger partial charge in [-0.2, -0.15) is 5.10 Å². The van der Waals surface area contributed by atoms with Crippen LogP contribution in [0.5, 0.6) is 0 Å². The first kappa shape index (κ1) is 10.7. The lowest BCUT2D eigenvalue weighted by Gasteiger charge is -2.05. The number of aromatic amines is 1. The van der Waals surface area contributed by atoms with Gasteiger partial charge in [0.05, 0.1) is 0 Å². The van der Waals surface area contributed by atoms with Gasteiger partial charge in [-0.3, -0.25) is 14.6 Å². The zero-order valence-corrected chi connectivity index (χ0v) is 10.4. The minimum Gasteiger partial charge on any atom is -0.300 e. The van der Waals surface area contributed by atoms with Crippen molar-refractivity contribution in [2.45, 2.75) is 19.9 Å². The Kier molecular flexibility index (Phi) is 2.55. The Balaban J connectivity index is 1.97. The van der Waals surface area contributed by atoms with E-state index in [1.54, 1.807) is 6.20 Å². The highest BCUT2D eigenvalue weighted by atomic mass is 32.1. The van der Waals surface area contributed by atoms with Gasteiger partial charge in [0.1, 0.15) is 0 Å². The zero-order chi connectivity index (χ0) is 11.8. The van der Waals surface area contributed by atoms with Crippen LogP contribution in [-0.4, -0.2) is 19.7 Å². The fourth-order valence-electron chi connectivity index (χ4n) is 2.09. The van der Waals surface area contributed by atoms with Crippen molar-refractivity contribution in [2.75, 3.05) is 0 Å². The molecule has 17 heavy (non-hydrogen) atoms. The summed E-state index contributed by atoms with van der Waals surface area (Å²) < 4.78 is 2.78. The second kappa shape index (κ2) is 4.07. The average molecular weight is 246 g/mol. The number of H-pyrrole nitrogens is 1. The van der Waals surface area contributed by atoms with E-state index in [0.29, 0.717) is 4.77 Å². The molecule has 0 radical (unpaired) electrons. The summed E-state index contributed by atoms with van der Waals surface area (Å²) in [5.74, 6) is 2.45. The molecule has 2 aromatic heterocycles. The Morgan fingerprint density at radius 3 is 3.06 bits per heavy atom. The Hall–Kier alpha value is -1.49. The Morgan fingerprint density at radius 1 is 1.59 bits per heavy atom. The van der Waals surface area contributed by atoms with Crippen molar-refractivity contribution in [1.29, 1.82) is 0 Å². The van der Waals surface area contributed by atoms with E-state index in [1.165, 1.54) is 6.42 Å². The van der Waals surface area contributed by atoms with E-state index in [9.17, 15) is 0 Å². The highest BCUT2D eigenvalue weighted by Gasteiger charge is 2.33. The topological polar surface area (TPSA) is 46.5 Å². The molecule has 0 saturated heterocycles. The summed E-state index contributed by atoms with van der Waals surface area (Å²) in [7, 11) is 0. The van der Waals surface area contributed by atoms with Crippen molar-refractivity contribution >= 4 is 12.2 Å². The molecule has 2 unspecified atom stereocenters. The van der Waals surface area contributed by atoms with Crippen LogP contribution in [0, 0.1) is 16.6 Å². The Morgan fingerprint density at radius 2 is 2.41 bits per heavy atom. The molecule has 0 spiro atoms. The SMILES string of the molecule is CC1CC1Cn1c(-c2cccnc2)n[nH]c1=S. The maximum absolute atomic E-state index is 5.28. The van der Waals surface area contributed by atoms with Crippen LogP contribution in [-0.2, 0) is 6.54 Å². The average Bonchev–Trinajstić information content (AvgIpc) is 2.92.